The summed E-state index contributed by atoms with van der Waals surface area (Å²) in [6.45, 7) is 0. The Hall–Kier alpha value is -2.50. The molecule has 16 heavy (non-hydrogen) atoms. The van der Waals surface area contributed by atoms with Gasteiger partial charge in [-0.15, -0.1) is 0 Å². The van der Waals surface area contributed by atoms with E-state index in [2.05, 4.69) is 15.5 Å². The van der Waals surface area contributed by atoms with Crippen molar-refractivity contribution in [3.63, 3.8) is 0 Å². The van der Waals surface area contributed by atoms with E-state index in [4.69, 9.17) is 10.9 Å². The summed E-state index contributed by atoms with van der Waals surface area (Å²) >= 11 is 0. The van der Waals surface area contributed by atoms with Crippen molar-refractivity contribution in [3.8, 4) is 0 Å². The third-order valence-corrected chi connectivity index (χ3v) is 2.15. The summed E-state index contributed by atoms with van der Waals surface area (Å²) in [5, 5.41) is 14.4. The molecule has 2 aromatic rings. The number of carbonyl (C=O) groups excluding carboxylic acids is 1. The van der Waals surface area contributed by atoms with Crippen molar-refractivity contribution in [1.82, 2.24) is 4.98 Å². The number of rotatable bonds is 1. The van der Waals surface area contributed by atoms with Gasteiger partial charge in [-0.05, 0) is 24.3 Å². The van der Waals surface area contributed by atoms with Gasteiger partial charge in [0.2, 0.25) is 5.84 Å². The van der Waals surface area contributed by atoms with Crippen molar-refractivity contribution in [3.05, 3.63) is 30.5 Å². The number of hydrogen-bond acceptors (Lipinski definition) is 3. The van der Waals surface area contributed by atoms with Crippen molar-refractivity contribution < 1.29 is 10.0 Å². The van der Waals surface area contributed by atoms with Gasteiger partial charge in [0.05, 0.1) is 0 Å². The number of oxime groups is 1. The van der Waals surface area contributed by atoms with Crippen molar-refractivity contribution in [2.24, 2.45) is 10.9 Å². The number of amidine groups is 1. The molecule has 1 amide bonds. The molecule has 1 aromatic carbocycles. The Morgan fingerprint density at radius 1 is 1.44 bits per heavy atom. The van der Waals surface area contributed by atoms with Crippen LogP contribution >= 0.6 is 0 Å². The third-order valence-electron chi connectivity index (χ3n) is 2.15. The monoisotopic (exact) mass is 218 g/mol. The highest BCUT2D eigenvalue weighted by molar-refractivity contribution is 6.41. The summed E-state index contributed by atoms with van der Waals surface area (Å²) < 4.78 is 0. The summed E-state index contributed by atoms with van der Waals surface area (Å²) in [6.07, 6.45) is 1.81. The number of fused-ring (bicyclic) bond motifs is 1. The standard InChI is InChI=1S/C10H10N4O2/c11-9(14-16)10(15)13-7-1-2-8-6(5-7)3-4-12-8/h1-5,12,16H,(H2,11,14)(H,13,15). The van der Waals surface area contributed by atoms with E-state index in [9.17, 15) is 4.79 Å². The normalized spacial score (nSPS) is 11.6. The van der Waals surface area contributed by atoms with Crippen LogP contribution in [0.5, 0.6) is 0 Å². The number of anilines is 1. The molecule has 1 aromatic heterocycles. The van der Waals surface area contributed by atoms with Crippen molar-refractivity contribution in [2.75, 3.05) is 5.32 Å². The number of nitrogens with one attached hydrogen (secondary N) is 2. The van der Waals surface area contributed by atoms with Gasteiger partial charge < -0.3 is 21.2 Å². The van der Waals surface area contributed by atoms with Crippen molar-refractivity contribution >= 4 is 28.3 Å². The number of carbonyl (C=O) groups is 1. The predicted octanol–water partition coefficient (Wildman–Crippen LogP) is 0.853. The first kappa shape index (κ1) is 10.0. The summed E-state index contributed by atoms with van der Waals surface area (Å²) in [6, 6.07) is 7.22. The van der Waals surface area contributed by atoms with Gasteiger partial charge in [-0.1, -0.05) is 5.16 Å². The fourth-order valence-electron chi connectivity index (χ4n) is 1.37. The number of H-pyrrole nitrogens is 1. The molecule has 6 nitrogen and oxygen atoms in total. The molecule has 2 rings (SSSR count). The molecule has 82 valence electrons. The molecule has 0 saturated carbocycles. The van der Waals surface area contributed by atoms with E-state index in [0.717, 1.165) is 10.9 Å². The number of nitrogens with zero attached hydrogens (tertiary/aromatic N) is 1. The second-order valence-electron chi connectivity index (χ2n) is 3.22. The molecule has 0 aliphatic carbocycles. The van der Waals surface area contributed by atoms with Crippen LogP contribution < -0.4 is 11.1 Å². The van der Waals surface area contributed by atoms with Crippen LogP contribution in [0.4, 0.5) is 5.69 Å². The topological polar surface area (TPSA) is 104 Å². The molecule has 0 aliphatic rings. The minimum Gasteiger partial charge on any atom is -0.409 e. The average Bonchev–Trinajstić information content (AvgIpc) is 2.75. The number of amides is 1. The Morgan fingerprint density at radius 3 is 3.00 bits per heavy atom. The minimum absolute atomic E-state index is 0.478. The second kappa shape index (κ2) is 3.93. The average molecular weight is 218 g/mol. The molecule has 0 spiro atoms. The van der Waals surface area contributed by atoms with E-state index < -0.39 is 11.7 Å². The number of benzene rings is 1. The minimum atomic E-state index is -0.641. The van der Waals surface area contributed by atoms with E-state index in [1.165, 1.54) is 0 Å². The Morgan fingerprint density at radius 2 is 2.25 bits per heavy atom. The molecule has 6 heteroatoms. The zero-order valence-electron chi connectivity index (χ0n) is 8.27. The quantitative estimate of drug-likeness (QED) is 0.247. The number of nitrogens with two attached hydrogens (primary N) is 1. The van der Waals surface area contributed by atoms with Gasteiger partial charge in [-0.25, -0.2) is 0 Å². The smallest absolute Gasteiger partial charge is 0.294 e. The number of hydrogen-bond donors (Lipinski definition) is 4. The summed E-state index contributed by atoms with van der Waals surface area (Å²) in [5.74, 6) is -1.12. The maximum atomic E-state index is 11.3. The van der Waals surface area contributed by atoms with Crippen LogP contribution in [-0.4, -0.2) is 21.9 Å². The lowest BCUT2D eigenvalue weighted by atomic mass is 10.2. The summed E-state index contributed by atoms with van der Waals surface area (Å²) in [7, 11) is 0. The molecule has 0 fully saturated rings. The van der Waals surface area contributed by atoms with E-state index in [0.29, 0.717) is 5.69 Å². The highest BCUT2D eigenvalue weighted by atomic mass is 16.4. The first-order valence-corrected chi connectivity index (χ1v) is 4.57. The van der Waals surface area contributed by atoms with Crippen LogP contribution in [0.1, 0.15) is 0 Å². The lowest BCUT2D eigenvalue weighted by Gasteiger charge is -2.03. The number of aromatic nitrogens is 1. The molecule has 0 atom stereocenters. The summed E-state index contributed by atoms with van der Waals surface area (Å²) in [4.78, 5) is 14.3. The molecule has 0 bridgehead atoms. The van der Waals surface area contributed by atoms with Gasteiger partial charge >= 0.3 is 0 Å². The molecular formula is C10H10N4O2. The van der Waals surface area contributed by atoms with Crippen LogP contribution in [0.3, 0.4) is 0 Å². The zero-order chi connectivity index (χ0) is 11.5. The van der Waals surface area contributed by atoms with Crippen LogP contribution in [0, 0.1) is 0 Å². The third kappa shape index (κ3) is 1.81. The summed E-state index contributed by atoms with van der Waals surface area (Å²) in [5.41, 5.74) is 6.70. The maximum absolute atomic E-state index is 11.3. The van der Waals surface area contributed by atoms with Crippen LogP contribution in [0.15, 0.2) is 35.6 Å². The van der Waals surface area contributed by atoms with Gasteiger partial charge in [-0.2, -0.15) is 0 Å². The lowest BCUT2D eigenvalue weighted by Crippen LogP contribution is -2.29. The second-order valence-corrected chi connectivity index (χ2v) is 3.22. The van der Waals surface area contributed by atoms with Gasteiger partial charge in [0, 0.05) is 22.8 Å². The zero-order valence-corrected chi connectivity index (χ0v) is 8.27. The first-order chi connectivity index (χ1) is 7.70. The first-order valence-electron chi connectivity index (χ1n) is 4.57. The SMILES string of the molecule is N/C(=N/O)C(=O)Nc1ccc2[nH]ccc2c1. The van der Waals surface area contributed by atoms with E-state index in [-0.39, 0.29) is 0 Å². The highest BCUT2D eigenvalue weighted by Gasteiger charge is 2.07. The van der Waals surface area contributed by atoms with Crippen LogP contribution in [0.2, 0.25) is 0 Å². The van der Waals surface area contributed by atoms with Gasteiger partial charge in [0.1, 0.15) is 0 Å². The fourth-order valence-corrected chi connectivity index (χ4v) is 1.37. The molecule has 5 N–H and O–H groups in total. The molecule has 0 saturated heterocycles. The Labute approximate surface area is 90.7 Å². The van der Waals surface area contributed by atoms with Gasteiger partial charge in [0.15, 0.2) is 0 Å². The van der Waals surface area contributed by atoms with E-state index >= 15 is 0 Å². The van der Waals surface area contributed by atoms with Gasteiger partial charge in [-0.3, -0.25) is 4.79 Å². The Kier molecular flexibility index (Phi) is 2.47. The highest BCUT2D eigenvalue weighted by Crippen LogP contribution is 2.17. The molecular weight excluding hydrogens is 208 g/mol. The van der Waals surface area contributed by atoms with E-state index in [1.54, 1.807) is 18.3 Å². The molecule has 1 heterocycles. The van der Waals surface area contributed by atoms with Crippen molar-refractivity contribution in [1.29, 1.82) is 0 Å². The number of aromatic amines is 1. The maximum Gasteiger partial charge on any atom is 0.294 e. The lowest BCUT2D eigenvalue weighted by molar-refractivity contribution is -0.110. The van der Waals surface area contributed by atoms with E-state index in [1.807, 2.05) is 12.1 Å². The largest absolute Gasteiger partial charge is 0.409 e. The molecule has 0 aliphatic heterocycles. The Balaban J connectivity index is 2.24. The van der Waals surface area contributed by atoms with Crippen molar-refractivity contribution in [2.45, 2.75) is 0 Å². The van der Waals surface area contributed by atoms with Crippen LogP contribution in [0.25, 0.3) is 10.9 Å². The molecule has 0 radical (unpaired) electrons. The molecule has 0 unspecified atom stereocenters. The van der Waals surface area contributed by atoms with Gasteiger partial charge in [0.25, 0.3) is 5.91 Å². The fraction of sp³-hybridized carbons (Fsp3) is 0. The van der Waals surface area contributed by atoms with Crippen LogP contribution in [-0.2, 0) is 4.79 Å². The predicted molar refractivity (Wildman–Crippen MR) is 60.3 cm³/mol. The Bertz CT molecular complexity index is 559.